The molecule has 0 bridgehead atoms. The summed E-state index contributed by atoms with van der Waals surface area (Å²) in [4.78, 5) is 36.8. The van der Waals surface area contributed by atoms with E-state index in [1.54, 1.807) is 30.3 Å². The number of carbonyl (C=O) groups excluding carboxylic acids is 3. The molecule has 6 nitrogen and oxygen atoms in total. The molecule has 1 fully saturated rings. The molecule has 0 heterocycles. The van der Waals surface area contributed by atoms with Crippen LogP contribution in [0.15, 0.2) is 42.5 Å². The molecule has 8 heteroatoms. The highest BCUT2D eigenvalue weighted by Gasteiger charge is 2.23. The van der Waals surface area contributed by atoms with Crippen LogP contribution in [0.3, 0.4) is 0 Å². The van der Waals surface area contributed by atoms with Gasteiger partial charge in [-0.05, 0) is 43.0 Å². The van der Waals surface area contributed by atoms with Gasteiger partial charge in [-0.25, -0.2) is 4.79 Å². The Kier molecular flexibility index (Phi) is 5.98. The molecule has 0 spiro atoms. The zero-order chi connectivity index (χ0) is 19.4. The van der Waals surface area contributed by atoms with Gasteiger partial charge in [-0.1, -0.05) is 41.4 Å². The van der Waals surface area contributed by atoms with Crippen LogP contribution in [0.5, 0.6) is 0 Å². The first-order valence-corrected chi connectivity index (χ1v) is 9.15. The lowest BCUT2D eigenvalue weighted by molar-refractivity contribution is 0.0949. The van der Waals surface area contributed by atoms with Crippen LogP contribution in [0.1, 0.15) is 33.6 Å². The maximum atomic E-state index is 12.3. The van der Waals surface area contributed by atoms with E-state index in [2.05, 4.69) is 16.0 Å². The van der Waals surface area contributed by atoms with Crippen molar-refractivity contribution in [3.8, 4) is 0 Å². The smallest absolute Gasteiger partial charge is 0.326 e. The van der Waals surface area contributed by atoms with Crippen molar-refractivity contribution < 1.29 is 14.4 Å². The molecule has 0 unspecified atom stereocenters. The second-order valence-electron chi connectivity index (χ2n) is 6.20. The maximum Gasteiger partial charge on any atom is 0.326 e. The van der Waals surface area contributed by atoms with Gasteiger partial charge in [0, 0.05) is 6.54 Å². The number of hydrogen-bond acceptors (Lipinski definition) is 3. The van der Waals surface area contributed by atoms with Crippen molar-refractivity contribution in [3.63, 3.8) is 0 Å². The molecule has 27 heavy (non-hydrogen) atoms. The molecule has 0 radical (unpaired) electrons. The molecule has 0 atom stereocenters. The second kappa shape index (κ2) is 8.41. The molecular weight excluding hydrogens is 389 g/mol. The number of rotatable bonds is 5. The summed E-state index contributed by atoms with van der Waals surface area (Å²) in [5, 5.41) is 7.79. The Morgan fingerprint density at radius 1 is 0.926 bits per heavy atom. The van der Waals surface area contributed by atoms with Gasteiger partial charge in [0.2, 0.25) is 0 Å². The van der Waals surface area contributed by atoms with Crippen LogP contribution in [-0.4, -0.2) is 24.4 Å². The quantitative estimate of drug-likeness (QED) is 0.699. The fraction of sp³-hybridized carbons (Fsp3) is 0.211. The molecule has 4 amide bonds. The third-order valence-corrected chi connectivity index (χ3v) is 4.71. The van der Waals surface area contributed by atoms with Gasteiger partial charge in [-0.3, -0.25) is 14.9 Å². The fourth-order valence-electron chi connectivity index (χ4n) is 2.48. The summed E-state index contributed by atoms with van der Waals surface area (Å²) in [7, 11) is 0. The first-order valence-electron chi connectivity index (χ1n) is 8.39. The topological polar surface area (TPSA) is 87.3 Å². The van der Waals surface area contributed by atoms with Crippen LogP contribution in [0.4, 0.5) is 10.5 Å². The van der Waals surface area contributed by atoms with Crippen LogP contribution in [0.25, 0.3) is 0 Å². The predicted molar refractivity (Wildman–Crippen MR) is 104 cm³/mol. The lowest BCUT2D eigenvalue weighted by atomic mass is 10.1. The van der Waals surface area contributed by atoms with Gasteiger partial charge in [0.05, 0.1) is 26.9 Å². The van der Waals surface area contributed by atoms with Crippen LogP contribution in [-0.2, 0) is 0 Å². The summed E-state index contributed by atoms with van der Waals surface area (Å²) in [6.07, 6.45) is 2.24. The van der Waals surface area contributed by atoms with Crippen LogP contribution < -0.4 is 16.0 Å². The third-order valence-electron chi connectivity index (χ3n) is 4.08. The molecule has 1 aliphatic carbocycles. The first kappa shape index (κ1) is 19.2. The average Bonchev–Trinajstić information content (AvgIpc) is 3.44. The molecule has 0 aromatic heterocycles. The minimum atomic E-state index is -0.793. The highest BCUT2D eigenvalue weighted by atomic mass is 35.5. The van der Waals surface area contributed by atoms with E-state index < -0.39 is 11.9 Å². The van der Waals surface area contributed by atoms with Crippen molar-refractivity contribution in [1.82, 2.24) is 10.6 Å². The average molecular weight is 406 g/mol. The van der Waals surface area contributed by atoms with Crippen molar-refractivity contribution >= 4 is 46.7 Å². The molecule has 3 rings (SSSR count). The normalized spacial score (nSPS) is 13.0. The molecule has 0 aliphatic heterocycles. The Hall–Kier alpha value is -2.57. The van der Waals surface area contributed by atoms with Gasteiger partial charge >= 0.3 is 6.03 Å². The number of imide groups is 1. The van der Waals surface area contributed by atoms with Crippen molar-refractivity contribution in [3.05, 3.63) is 63.6 Å². The summed E-state index contributed by atoms with van der Waals surface area (Å²) < 4.78 is 0. The SMILES string of the molecule is O=C(NC(=O)c1c(Cl)cccc1Cl)Nc1ccccc1C(=O)NCC1CC1. The molecular formula is C19H17Cl2N3O3. The zero-order valence-electron chi connectivity index (χ0n) is 14.2. The van der Waals surface area contributed by atoms with Gasteiger partial charge in [-0.2, -0.15) is 0 Å². The number of carbonyl (C=O) groups is 3. The van der Waals surface area contributed by atoms with E-state index in [1.165, 1.54) is 12.1 Å². The largest absolute Gasteiger partial charge is 0.352 e. The van der Waals surface area contributed by atoms with E-state index >= 15 is 0 Å². The number of halogens is 2. The lowest BCUT2D eigenvalue weighted by Gasteiger charge is -2.12. The van der Waals surface area contributed by atoms with Gasteiger partial charge in [0.15, 0.2) is 0 Å². The van der Waals surface area contributed by atoms with E-state index in [9.17, 15) is 14.4 Å². The Balaban J connectivity index is 1.67. The minimum absolute atomic E-state index is 0.00597. The van der Waals surface area contributed by atoms with E-state index in [4.69, 9.17) is 23.2 Å². The number of nitrogens with one attached hydrogen (secondary N) is 3. The monoisotopic (exact) mass is 405 g/mol. The van der Waals surface area contributed by atoms with Gasteiger partial charge in [0.1, 0.15) is 0 Å². The van der Waals surface area contributed by atoms with E-state index in [0.29, 0.717) is 23.7 Å². The third kappa shape index (κ3) is 4.99. The molecule has 2 aromatic carbocycles. The number of anilines is 1. The first-order chi connectivity index (χ1) is 13.0. The second-order valence-corrected chi connectivity index (χ2v) is 7.02. The van der Waals surface area contributed by atoms with Crippen molar-refractivity contribution in [2.24, 2.45) is 5.92 Å². The standard InChI is InChI=1S/C19H17Cl2N3O3/c20-13-5-3-6-14(21)16(13)18(26)24-19(27)23-15-7-2-1-4-12(15)17(25)22-10-11-8-9-11/h1-7,11H,8-10H2,(H,22,25)(H2,23,24,26,27). The summed E-state index contributed by atoms with van der Waals surface area (Å²) in [6.45, 7) is 0.614. The molecule has 1 aliphatic rings. The highest BCUT2D eigenvalue weighted by Crippen LogP contribution is 2.28. The summed E-state index contributed by atoms with van der Waals surface area (Å²) in [5.74, 6) is -0.479. The van der Waals surface area contributed by atoms with Crippen molar-refractivity contribution in [2.45, 2.75) is 12.8 Å². The Morgan fingerprint density at radius 2 is 1.59 bits per heavy atom. The van der Waals surface area contributed by atoms with E-state index in [0.717, 1.165) is 12.8 Å². The van der Waals surface area contributed by atoms with Crippen molar-refractivity contribution in [2.75, 3.05) is 11.9 Å². The van der Waals surface area contributed by atoms with E-state index in [1.807, 2.05) is 0 Å². The van der Waals surface area contributed by atoms with Crippen LogP contribution in [0.2, 0.25) is 10.0 Å². The number of benzene rings is 2. The van der Waals surface area contributed by atoms with Crippen LogP contribution in [0, 0.1) is 5.92 Å². The molecule has 0 saturated heterocycles. The molecule has 3 N–H and O–H groups in total. The zero-order valence-corrected chi connectivity index (χ0v) is 15.7. The lowest BCUT2D eigenvalue weighted by Crippen LogP contribution is -2.35. The van der Waals surface area contributed by atoms with Gasteiger partial charge in [-0.15, -0.1) is 0 Å². The maximum absolute atomic E-state index is 12.3. The summed E-state index contributed by atoms with van der Waals surface area (Å²) in [6, 6.07) is 10.4. The van der Waals surface area contributed by atoms with Gasteiger partial charge < -0.3 is 10.6 Å². The predicted octanol–water partition coefficient (Wildman–Crippen LogP) is 4.10. The van der Waals surface area contributed by atoms with Crippen LogP contribution >= 0.6 is 23.2 Å². The molecule has 2 aromatic rings. The van der Waals surface area contributed by atoms with E-state index in [-0.39, 0.29) is 21.5 Å². The fourth-order valence-corrected chi connectivity index (χ4v) is 3.05. The Labute approximate surface area is 166 Å². The molecule has 140 valence electrons. The van der Waals surface area contributed by atoms with Gasteiger partial charge in [0.25, 0.3) is 11.8 Å². The Morgan fingerprint density at radius 3 is 2.26 bits per heavy atom. The number of para-hydroxylation sites is 1. The summed E-state index contributed by atoms with van der Waals surface area (Å²) in [5.41, 5.74) is 0.615. The number of hydrogen-bond donors (Lipinski definition) is 3. The Bertz CT molecular complexity index is 877. The molecule has 1 saturated carbocycles. The number of urea groups is 1. The number of amides is 4. The summed E-state index contributed by atoms with van der Waals surface area (Å²) >= 11 is 11.9. The van der Waals surface area contributed by atoms with Crippen molar-refractivity contribution in [1.29, 1.82) is 0 Å². The minimum Gasteiger partial charge on any atom is -0.352 e. The highest BCUT2D eigenvalue weighted by molar-refractivity contribution is 6.40.